The van der Waals surface area contributed by atoms with Crippen molar-refractivity contribution in [3.63, 3.8) is 0 Å². The molecule has 5 aromatic carbocycles. The largest absolute Gasteiger partial charge is 0.450 e. The first-order valence-corrected chi connectivity index (χ1v) is 21.4. The Hall–Kier alpha value is -4.67. The van der Waals surface area contributed by atoms with Crippen molar-refractivity contribution in [3.8, 4) is 0 Å². The molecule has 1 aliphatic heterocycles. The van der Waals surface area contributed by atoms with Gasteiger partial charge in [-0.2, -0.15) is 0 Å². The topological polar surface area (TPSA) is 72.5 Å². The molecule has 5 aromatic rings. The van der Waals surface area contributed by atoms with E-state index in [0.29, 0.717) is 12.2 Å². The van der Waals surface area contributed by atoms with Crippen LogP contribution in [0, 0.1) is 0 Å². The number of carbonyl (C=O) groups is 1. The van der Waals surface area contributed by atoms with Crippen LogP contribution in [0.25, 0.3) is 0 Å². The average molecular weight is 771 g/mol. The lowest BCUT2D eigenvalue weighted by molar-refractivity contribution is -0.315. The number of ether oxygens (including phenoxy) is 5. The maximum absolute atomic E-state index is 13.8. The maximum Gasteiger partial charge on any atom is 0.338 e. The number of hydrogen-bond donors (Lipinski definition) is 0. The Labute approximate surface area is 333 Å². The minimum Gasteiger partial charge on any atom is -0.450 e. The summed E-state index contributed by atoms with van der Waals surface area (Å²) in [4.78, 5) is 13.8. The number of rotatable bonds is 18. The van der Waals surface area contributed by atoms with Crippen LogP contribution in [0.4, 0.5) is 0 Å². The third kappa shape index (κ3) is 10.2. The molecule has 0 amide bonds. The van der Waals surface area contributed by atoms with Gasteiger partial charge in [0.2, 0.25) is 0 Å². The molecule has 0 unspecified atom stereocenters. The van der Waals surface area contributed by atoms with Gasteiger partial charge >= 0.3 is 5.97 Å². The van der Waals surface area contributed by atoms with Crippen molar-refractivity contribution < 1.29 is 32.9 Å². The second-order valence-electron chi connectivity index (χ2n) is 15.1. The Morgan fingerprint density at radius 1 is 0.661 bits per heavy atom. The molecule has 0 saturated carbocycles. The van der Waals surface area contributed by atoms with Crippen molar-refractivity contribution in [2.24, 2.45) is 0 Å². The fourth-order valence-corrected chi connectivity index (χ4v) is 11.9. The second-order valence-corrected chi connectivity index (χ2v) is 19.4. The standard InChI is InChI=1S/C48H54O7Si/c1-5-6-22-33-50-47-45(55-46(49)39-27-16-9-17-28-39)44(52-35-38-25-14-8-15-26-38)43(51-34-37-23-12-7-13-24-37)42(54-47)36-53-56(48(2,3)4,40-29-18-10-19-30-40)41-31-20-11-21-32-41/h5,7-21,23-32,42-45,47H,1,6,22,33-36H2,2-4H3/t42-,43-,44+,45+,47+/m1/s1. The van der Waals surface area contributed by atoms with E-state index in [9.17, 15) is 4.79 Å². The summed E-state index contributed by atoms with van der Waals surface area (Å²) in [5.41, 5.74) is 2.37. The van der Waals surface area contributed by atoms with Crippen LogP contribution < -0.4 is 10.4 Å². The summed E-state index contributed by atoms with van der Waals surface area (Å²) in [5, 5.41) is 2.03. The summed E-state index contributed by atoms with van der Waals surface area (Å²) in [7, 11) is -3.00. The lowest BCUT2D eigenvalue weighted by Gasteiger charge is -2.48. The van der Waals surface area contributed by atoms with Gasteiger partial charge in [0, 0.05) is 0 Å². The molecule has 292 valence electrons. The molecule has 1 fully saturated rings. The number of esters is 1. The predicted molar refractivity (Wildman–Crippen MR) is 223 cm³/mol. The van der Waals surface area contributed by atoms with E-state index in [1.165, 1.54) is 0 Å². The van der Waals surface area contributed by atoms with E-state index < -0.39 is 45.0 Å². The normalized spacial score (nSPS) is 19.9. The van der Waals surface area contributed by atoms with E-state index in [2.05, 4.69) is 75.9 Å². The molecule has 7 nitrogen and oxygen atoms in total. The van der Waals surface area contributed by atoms with E-state index in [-0.39, 0.29) is 24.9 Å². The van der Waals surface area contributed by atoms with E-state index in [4.69, 9.17) is 28.1 Å². The van der Waals surface area contributed by atoms with Crippen molar-refractivity contribution in [3.05, 3.63) is 181 Å². The Bertz CT molecular complexity index is 1860. The van der Waals surface area contributed by atoms with Crippen LogP contribution in [0.15, 0.2) is 164 Å². The average Bonchev–Trinajstić information content (AvgIpc) is 3.23. The molecule has 1 heterocycles. The smallest absolute Gasteiger partial charge is 0.338 e. The summed E-state index contributed by atoms with van der Waals surface area (Å²) in [6.07, 6.45) is -0.794. The molecule has 0 aromatic heterocycles. The fourth-order valence-electron chi connectivity index (χ4n) is 7.36. The van der Waals surface area contributed by atoms with Gasteiger partial charge in [0.25, 0.3) is 8.32 Å². The highest BCUT2D eigenvalue weighted by atomic mass is 28.4. The van der Waals surface area contributed by atoms with Crippen LogP contribution in [0.3, 0.4) is 0 Å². The summed E-state index contributed by atoms with van der Waals surface area (Å²) in [6.45, 7) is 11.7. The van der Waals surface area contributed by atoms with Gasteiger partial charge < -0.3 is 28.1 Å². The highest BCUT2D eigenvalue weighted by Gasteiger charge is 2.54. The third-order valence-corrected chi connectivity index (χ3v) is 15.1. The fraction of sp³-hybridized carbons (Fsp3) is 0.312. The van der Waals surface area contributed by atoms with Gasteiger partial charge in [-0.3, -0.25) is 0 Å². The molecule has 8 heteroatoms. The number of carbonyl (C=O) groups excluding carboxylic acids is 1. The number of allylic oxidation sites excluding steroid dienone is 1. The molecule has 6 rings (SSSR count). The molecule has 0 N–H and O–H groups in total. The van der Waals surface area contributed by atoms with Gasteiger partial charge in [-0.1, -0.05) is 166 Å². The van der Waals surface area contributed by atoms with Gasteiger partial charge in [-0.25, -0.2) is 4.79 Å². The van der Waals surface area contributed by atoms with Gasteiger partial charge in [-0.05, 0) is 51.5 Å². The van der Waals surface area contributed by atoms with Crippen LogP contribution in [0.1, 0.15) is 55.1 Å². The first kappa shape index (κ1) is 41.0. The molecule has 0 spiro atoms. The van der Waals surface area contributed by atoms with Crippen molar-refractivity contribution in [2.45, 2.75) is 82.6 Å². The number of unbranched alkanes of at least 4 members (excludes halogenated alkanes) is 1. The lowest BCUT2D eigenvalue weighted by atomic mass is 9.97. The first-order chi connectivity index (χ1) is 27.3. The summed E-state index contributed by atoms with van der Waals surface area (Å²) in [6, 6.07) is 50.0. The lowest BCUT2D eigenvalue weighted by Crippen LogP contribution is -2.68. The zero-order valence-corrected chi connectivity index (χ0v) is 33.7. The quantitative estimate of drug-likeness (QED) is 0.0382. The molecule has 5 atom stereocenters. The van der Waals surface area contributed by atoms with Crippen LogP contribution >= 0.6 is 0 Å². The Balaban J connectivity index is 1.42. The summed E-state index contributed by atoms with van der Waals surface area (Å²) in [5.74, 6) is -0.504. The Morgan fingerprint density at radius 3 is 1.64 bits per heavy atom. The second kappa shape index (κ2) is 20.0. The van der Waals surface area contributed by atoms with Crippen molar-refractivity contribution in [1.82, 2.24) is 0 Å². The summed E-state index contributed by atoms with van der Waals surface area (Å²) >= 11 is 0. The summed E-state index contributed by atoms with van der Waals surface area (Å²) < 4.78 is 41.0. The SMILES string of the molecule is C=CCCCO[C@H]1O[C@H](CO[Si](c2ccccc2)(c2ccccc2)C(C)(C)C)[C@@H](OCc2ccccc2)[C@H](OCc2ccccc2)[C@@H]1OC(=O)c1ccccc1. The van der Waals surface area contributed by atoms with Gasteiger partial charge in [0.05, 0.1) is 32.0 Å². The number of hydrogen-bond acceptors (Lipinski definition) is 7. The van der Waals surface area contributed by atoms with Crippen LogP contribution in [0.5, 0.6) is 0 Å². The predicted octanol–water partition coefficient (Wildman–Crippen LogP) is 8.67. The van der Waals surface area contributed by atoms with Crippen LogP contribution in [0.2, 0.25) is 5.04 Å². The zero-order valence-electron chi connectivity index (χ0n) is 32.7. The molecule has 56 heavy (non-hydrogen) atoms. The first-order valence-electron chi connectivity index (χ1n) is 19.5. The van der Waals surface area contributed by atoms with Crippen molar-refractivity contribution >= 4 is 24.7 Å². The minimum absolute atomic E-state index is 0.170. The molecular formula is C48H54O7Si. The highest BCUT2D eigenvalue weighted by molar-refractivity contribution is 6.99. The van der Waals surface area contributed by atoms with E-state index in [1.807, 2.05) is 97.1 Å². The minimum atomic E-state index is -3.00. The Morgan fingerprint density at radius 2 is 1.14 bits per heavy atom. The zero-order chi connectivity index (χ0) is 39.2. The van der Waals surface area contributed by atoms with Gasteiger partial charge in [0.15, 0.2) is 12.4 Å². The molecular weight excluding hydrogens is 717 g/mol. The van der Waals surface area contributed by atoms with E-state index in [1.54, 1.807) is 12.1 Å². The maximum atomic E-state index is 13.8. The molecule has 0 radical (unpaired) electrons. The third-order valence-electron chi connectivity index (χ3n) is 10.1. The van der Waals surface area contributed by atoms with E-state index >= 15 is 0 Å². The van der Waals surface area contributed by atoms with Crippen LogP contribution in [-0.2, 0) is 41.3 Å². The van der Waals surface area contributed by atoms with Gasteiger partial charge in [-0.15, -0.1) is 6.58 Å². The molecule has 1 saturated heterocycles. The molecule has 0 bridgehead atoms. The van der Waals surface area contributed by atoms with Crippen molar-refractivity contribution in [1.29, 1.82) is 0 Å². The monoisotopic (exact) mass is 770 g/mol. The van der Waals surface area contributed by atoms with Crippen LogP contribution in [-0.4, -0.2) is 58.2 Å². The Kier molecular flexibility index (Phi) is 14.6. The van der Waals surface area contributed by atoms with Crippen molar-refractivity contribution in [2.75, 3.05) is 13.2 Å². The highest BCUT2D eigenvalue weighted by Crippen LogP contribution is 2.38. The molecule has 0 aliphatic carbocycles. The molecule has 1 aliphatic rings. The number of benzene rings is 5. The van der Waals surface area contributed by atoms with Gasteiger partial charge in [0.1, 0.15) is 18.3 Å². The van der Waals surface area contributed by atoms with E-state index in [0.717, 1.165) is 34.3 Å².